The summed E-state index contributed by atoms with van der Waals surface area (Å²) in [5, 5.41) is 9.08. The Balaban J connectivity index is 2.38. The van der Waals surface area contributed by atoms with E-state index >= 15 is 0 Å². The van der Waals surface area contributed by atoms with Gasteiger partial charge in [0.05, 0.1) is 5.56 Å². The molecule has 0 heterocycles. The molecule has 0 fully saturated rings. The van der Waals surface area contributed by atoms with Gasteiger partial charge in [-0.05, 0) is 43.7 Å². The fourth-order valence-corrected chi connectivity index (χ4v) is 1.83. The first-order chi connectivity index (χ1) is 9.13. The highest BCUT2D eigenvalue weighted by Crippen LogP contribution is 2.28. The van der Waals surface area contributed by atoms with E-state index in [1.54, 1.807) is 12.1 Å². The second-order valence-corrected chi connectivity index (χ2v) is 4.36. The van der Waals surface area contributed by atoms with Crippen LogP contribution in [0.2, 0.25) is 0 Å². The van der Waals surface area contributed by atoms with Gasteiger partial charge in [0, 0.05) is 5.56 Å². The predicted molar refractivity (Wildman–Crippen MR) is 72.5 cm³/mol. The van der Waals surface area contributed by atoms with Crippen molar-refractivity contribution in [2.24, 2.45) is 0 Å². The highest BCUT2D eigenvalue weighted by atomic mass is 16.5. The van der Waals surface area contributed by atoms with Gasteiger partial charge in [-0.2, -0.15) is 5.26 Å². The van der Waals surface area contributed by atoms with E-state index in [1.807, 2.05) is 38.1 Å². The summed E-state index contributed by atoms with van der Waals surface area (Å²) in [5.41, 5.74) is 2.97. The molecule has 0 saturated heterocycles. The first-order valence-electron chi connectivity index (χ1n) is 5.88. The van der Waals surface area contributed by atoms with E-state index in [0.29, 0.717) is 28.9 Å². The first-order valence-corrected chi connectivity index (χ1v) is 5.88. The highest BCUT2D eigenvalue weighted by molar-refractivity contribution is 5.76. The lowest BCUT2D eigenvalue weighted by molar-refractivity contribution is 0.112. The Morgan fingerprint density at radius 1 is 1.11 bits per heavy atom. The fourth-order valence-electron chi connectivity index (χ4n) is 1.83. The summed E-state index contributed by atoms with van der Waals surface area (Å²) in [5.74, 6) is 1.17. The summed E-state index contributed by atoms with van der Waals surface area (Å²) in [6, 6.07) is 12.7. The topological polar surface area (TPSA) is 50.1 Å². The van der Waals surface area contributed by atoms with Gasteiger partial charge in [0.25, 0.3) is 0 Å². The maximum atomic E-state index is 10.7. The number of hydrogen-bond acceptors (Lipinski definition) is 3. The number of aryl methyl sites for hydroxylation is 2. The lowest BCUT2D eigenvalue weighted by atomic mass is 10.1. The molecule has 0 amide bonds. The van der Waals surface area contributed by atoms with Crippen LogP contribution in [0.3, 0.4) is 0 Å². The number of ether oxygens (including phenoxy) is 1. The molecule has 3 heteroatoms. The number of carbonyl (C=O) groups is 1. The van der Waals surface area contributed by atoms with Crippen molar-refractivity contribution in [3.63, 3.8) is 0 Å². The average molecular weight is 251 g/mol. The zero-order valence-corrected chi connectivity index (χ0v) is 10.8. The maximum Gasteiger partial charge on any atom is 0.150 e. The molecule has 0 saturated carbocycles. The molecule has 0 aliphatic rings. The predicted octanol–water partition coefficient (Wildman–Crippen LogP) is 3.78. The first kappa shape index (κ1) is 12.8. The Hall–Kier alpha value is -2.60. The normalized spacial score (nSPS) is 9.74. The van der Waals surface area contributed by atoms with E-state index in [0.717, 1.165) is 11.1 Å². The minimum atomic E-state index is 0.351. The number of rotatable bonds is 3. The van der Waals surface area contributed by atoms with Crippen LogP contribution in [0.4, 0.5) is 0 Å². The largest absolute Gasteiger partial charge is 0.456 e. The van der Waals surface area contributed by atoms with Crippen molar-refractivity contribution < 1.29 is 9.53 Å². The number of hydrogen-bond donors (Lipinski definition) is 0. The van der Waals surface area contributed by atoms with E-state index in [9.17, 15) is 4.79 Å². The third-order valence-electron chi connectivity index (χ3n) is 2.81. The zero-order chi connectivity index (χ0) is 13.8. The van der Waals surface area contributed by atoms with Crippen LogP contribution >= 0.6 is 0 Å². The SMILES string of the molecule is Cc1ccc(Oc2ccc(C=O)cc2C#N)c(C)c1. The quantitative estimate of drug-likeness (QED) is 0.780. The van der Waals surface area contributed by atoms with Gasteiger partial charge >= 0.3 is 0 Å². The smallest absolute Gasteiger partial charge is 0.150 e. The van der Waals surface area contributed by atoms with Crippen molar-refractivity contribution in [2.45, 2.75) is 13.8 Å². The van der Waals surface area contributed by atoms with Gasteiger partial charge in [0.2, 0.25) is 0 Å². The van der Waals surface area contributed by atoms with Crippen molar-refractivity contribution in [3.8, 4) is 17.6 Å². The molecule has 0 aliphatic carbocycles. The van der Waals surface area contributed by atoms with Crippen LogP contribution in [0, 0.1) is 25.2 Å². The summed E-state index contributed by atoms with van der Waals surface area (Å²) < 4.78 is 5.75. The Kier molecular flexibility index (Phi) is 3.63. The van der Waals surface area contributed by atoms with Crippen molar-refractivity contribution in [1.82, 2.24) is 0 Å². The van der Waals surface area contributed by atoms with E-state index in [4.69, 9.17) is 10.00 Å². The molecule has 0 bridgehead atoms. The lowest BCUT2D eigenvalue weighted by Gasteiger charge is -2.10. The molecule has 3 nitrogen and oxygen atoms in total. The summed E-state index contributed by atoms with van der Waals surface area (Å²) in [7, 11) is 0. The molecule has 19 heavy (non-hydrogen) atoms. The molecule has 0 atom stereocenters. The Morgan fingerprint density at radius 3 is 2.47 bits per heavy atom. The number of nitrogens with zero attached hydrogens (tertiary/aromatic N) is 1. The highest BCUT2D eigenvalue weighted by Gasteiger charge is 2.07. The molecule has 2 aromatic carbocycles. The van der Waals surface area contributed by atoms with Crippen LogP contribution < -0.4 is 4.74 Å². The van der Waals surface area contributed by atoms with Gasteiger partial charge < -0.3 is 4.74 Å². The molecule has 0 radical (unpaired) electrons. The Morgan fingerprint density at radius 2 is 1.84 bits per heavy atom. The van der Waals surface area contributed by atoms with Crippen molar-refractivity contribution in [2.75, 3.05) is 0 Å². The van der Waals surface area contributed by atoms with Gasteiger partial charge in [0.1, 0.15) is 23.9 Å². The molecular weight excluding hydrogens is 238 g/mol. The van der Waals surface area contributed by atoms with Crippen LogP contribution in [-0.4, -0.2) is 6.29 Å². The van der Waals surface area contributed by atoms with Crippen molar-refractivity contribution >= 4 is 6.29 Å². The molecule has 2 rings (SSSR count). The third-order valence-corrected chi connectivity index (χ3v) is 2.81. The minimum Gasteiger partial charge on any atom is -0.456 e. The van der Waals surface area contributed by atoms with E-state index < -0.39 is 0 Å². The van der Waals surface area contributed by atoms with Crippen LogP contribution in [-0.2, 0) is 0 Å². The van der Waals surface area contributed by atoms with E-state index in [-0.39, 0.29) is 0 Å². The third kappa shape index (κ3) is 2.80. The summed E-state index contributed by atoms with van der Waals surface area (Å²) in [6.45, 7) is 3.96. The molecule has 0 unspecified atom stereocenters. The van der Waals surface area contributed by atoms with Crippen LogP contribution in [0.15, 0.2) is 36.4 Å². The molecular formula is C16H13NO2. The fraction of sp³-hybridized carbons (Fsp3) is 0.125. The standard InChI is InChI=1S/C16H13NO2/c1-11-3-5-15(12(2)7-11)19-16-6-4-13(10-18)8-14(16)9-17/h3-8,10H,1-2H3. The Labute approximate surface area is 112 Å². The summed E-state index contributed by atoms with van der Waals surface area (Å²) in [4.78, 5) is 10.7. The maximum absolute atomic E-state index is 10.7. The minimum absolute atomic E-state index is 0.351. The van der Waals surface area contributed by atoms with Gasteiger partial charge in [-0.3, -0.25) is 4.79 Å². The van der Waals surface area contributed by atoms with Crippen molar-refractivity contribution in [1.29, 1.82) is 5.26 Å². The van der Waals surface area contributed by atoms with Crippen LogP contribution in [0.1, 0.15) is 27.0 Å². The monoisotopic (exact) mass is 251 g/mol. The van der Waals surface area contributed by atoms with Crippen molar-refractivity contribution in [3.05, 3.63) is 58.7 Å². The molecule has 0 spiro atoms. The van der Waals surface area contributed by atoms with E-state index in [1.165, 1.54) is 6.07 Å². The zero-order valence-electron chi connectivity index (χ0n) is 10.8. The van der Waals surface area contributed by atoms with Gasteiger partial charge in [-0.25, -0.2) is 0 Å². The Bertz CT molecular complexity index is 669. The number of benzene rings is 2. The average Bonchev–Trinajstić information content (AvgIpc) is 2.42. The second-order valence-electron chi connectivity index (χ2n) is 4.36. The molecule has 2 aromatic rings. The number of carbonyl (C=O) groups excluding carboxylic acids is 1. The summed E-state index contributed by atoms with van der Waals surface area (Å²) in [6.07, 6.45) is 0.710. The molecule has 0 N–H and O–H groups in total. The molecule has 94 valence electrons. The van der Waals surface area contributed by atoms with Gasteiger partial charge in [0.15, 0.2) is 0 Å². The summed E-state index contributed by atoms with van der Waals surface area (Å²) >= 11 is 0. The van der Waals surface area contributed by atoms with Crippen LogP contribution in [0.25, 0.3) is 0 Å². The second kappa shape index (κ2) is 5.36. The van der Waals surface area contributed by atoms with Gasteiger partial charge in [-0.1, -0.05) is 17.7 Å². The molecule has 0 aromatic heterocycles. The molecule has 0 aliphatic heterocycles. The van der Waals surface area contributed by atoms with Gasteiger partial charge in [-0.15, -0.1) is 0 Å². The van der Waals surface area contributed by atoms with Crippen LogP contribution in [0.5, 0.6) is 11.5 Å². The number of nitriles is 1. The lowest BCUT2D eigenvalue weighted by Crippen LogP contribution is -1.92. The number of aldehydes is 1. The van der Waals surface area contributed by atoms with E-state index in [2.05, 4.69) is 0 Å².